The van der Waals surface area contributed by atoms with E-state index in [1.54, 1.807) is 0 Å². The van der Waals surface area contributed by atoms with Gasteiger partial charge < -0.3 is 10.6 Å². The SMILES string of the molecule is CCNC(=NCc1ccc(Br)cc1C)NC1CCc2nc(C)nn2C1. The summed E-state index contributed by atoms with van der Waals surface area (Å²) in [4.78, 5) is 9.23. The van der Waals surface area contributed by atoms with E-state index in [4.69, 9.17) is 4.99 Å². The molecule has 1 aliphatic heterocycles. The highest BCUT2D eigenvalue weighted by Crippen LogP contribution is 2.17. The number of fused-ring (bicyclic) bond motifs is 1. The average molecular weight is 405 g/mol. The quantitative estimate of drug-likeness (QED) is 0.607. The van der Waals surface area contributed by atoms with Crippen LogP contribution in [0.5, 0.6) is 0 Å². The van der Waals surface area contributed by atoms with E-state index in [-0.39, 0.29) is 0 Å². The third-order valence-electron chi connectivity index (χ3n) is 4.36. The summed E-state index contributed by atoms with van der Waals surface area (Å²) in [5, 5.41) is 11.4. The molecule has 0 aliphatic carbocycles. The highest BCUT2D eigenvalue weighted by Gasteiger charge is 2.21. The number of halogens is 1. The molecule has 0 saturated heterocycles. The summed E-state index contributed by atoms with van der Waals surface area (Å²) in [6, 6.07) is 6.63. The summed E-state index contributed by atoms with van der Waals surface area (Å²) in [6.07, 6.45) is 1.99. The smallest absolute Gasteiger partial charge is 0.191 e. The third kappa shape index (κ3) is 4.60. The van der Waals surface area contributed by atoms with Crippen LogP contribution in [0.4, 0.5) is 0 Å². The lowest BCUT2D eigenvalue weighted by Gasteiger charge is -2.25. The first-order valence-corrected chi connectivity index (χ1v) is 9.54. The number of hydrogen-bond donors (Lipinski definition) is 2. The van der Waals surface area contributed by atoms with Gasteiger partial charge in [0.15, 0.2) is 5.96 Å². The molecule has 3 rings (SSSR count). The largest absolute Gasteiger partial charge is 0.357 e. The second kappa shape index (κ2) is 7.99. The van der Waals surface area contributed by atoms with Gasteiger partial charge in [-0.15, -0.1) is 0 Å². The molecule has 0 spiro atoms. The summed E-state index contributed by atoms with van der Waals surface area (Å²) >= 11 is 3.51. The average Bonchev–Trinajstić information content (AvgIpc) is 2.93. The monoisotopic (exact) mass is 404 g/mol. The summed E-state index contributed by atoms with van der Waals surface area (Å²) < 4.78 is 3.11. The molecule has 0 bridgehead atoms. The number of aromatic nitrogens is 3. The Labute approximate surface area is 157 Å². The van der Waals surface area contributed by atoms with Crippen molar-refractivity contribution in [3.63, 3.8) is 0 Å². The molecular formula is C18H25BrN6. The van der Waals surface area contributed by atoms with Gasteiger partial charge in [0.05, 0.1) is 13.1 Å². The predicted octanol–water partition coefficient (Wildman–Crippen LogP) is 2.73. The van der Waals surface area contributed by atoms with Crippen LogP contribution < -0.4 is 10.6 Å². The first-order chi connectivity index (χ1) is 12.0. The molecule has 1 aliphatic rings. The van der Waals surface area contributed by atoms with Crippen LogP contribution in [0.1, 0.15) is 36.1 Å². The van der Waals surface area contributed by atoms with Gasteiger partial charge in [0.25, 0.3) is 0 Å². The number of aryl methyl sites for hydroxylation is 3. The minimum absolute atomic E-state index is 0.317. The summed E-state index contributed by atoms with van der Waals surface area (Å²) in [6.45, 7) is 8.48. The van der Waals surface area contributed by atoms with Crippen molar-refractivity contribution >= 4 is 21.9 Å². The van der Waals surface area contributed by atoms with Gasteiger partial charge in [-0.05, 0) is 50.5 Å². The molecule has 0 radical (unpaired) electrons. The summed E-state index contributed by atoms with van der Waals surface area (Å²) in [7, 11) is 0. The van der Waals surface area contributed by atoms with Gasteiger partial charge >= 0.3 is 0 Å². The third-order valence-corrected chi connectivity index (χ3v) is 4.85. The van der Waals surface area contributed by atoms with Gasteiger partial charge in [-0.1, -0.05) is 22.0 Å². The molecule has 25 heavy (non-hydrogen) atoms. The number of nitrogens with zero attached hydrogens (tertiary/aromatic N) is 4. The van der Waals surface area contributed by atoms with E-state index >= 15 is 0 Å². The van der Waals surface area contributed by atoms with E-state index in [0.717, 1.165) is 48.0 Å². The normalized spacial score (nSPS) is 17.3. The lowest BCUT2D eigenvalue weighted by molar-refractivity contribution is 0.392. The fourth-order valence-corrected chi connectivity index (χ4v) is 3.54. The molecule has 134 valence electrons. The van der Waals surface area contributed by atoms with Crippen LogP contribution in [-0.2, 0) is 19.5 Å². The number of aliphatic imine (C=N–C) groups is 1. The van der Waals surface area contributed by atoms with E-state index in [2.05, 4.69) is 68.7 Å². The zero-order valence-electron chi connectivity index (χ0n) is 15.0. The number of rotatable bonds is 4. The number of benzene rings is 1. The maximum atomic E-state index is 4.76. The van der Waals surface area contributed by atoms with Crippen LogP contribution in [-0.4, -0.2) is 33.3 Å². The highest BCUT2D eigenvalue weighted by molar-refractivity contribution is 9.10. The summed E-state index contributed by atoms with van der Waals surface area (Å²) in [5.41, 5.74) is 2.48. The minimum atomic E-state index is 0.317. The standard InChI is InChI=1S/C18H25BrN6/c1-4-20-18(21-10-14-5-6-15(19)9-12(14)2)23-16-7-8-17-22-13(3)24-25(17)11-16/h5-6,9,16H,4,7-8,10-11H2,1-3H3,(H2,20,21,23). The number of guanidine groups is 1. The second-order valence-electron chi connectivity index (χ2n) is 6.40. The second-order valence-corrected chi connectivity index (χ2v) is 7.32. The van der Waals surface area contributed by atoms with Crippen LogP contribution >= 0.6 is 15.9 Å². The van der Waals surface area contributed by atoms with Crippen LogP contribution in [0.2, 0.25) is 0 Å². The molecule has 2 N–H and O–H groups in total. The maximum Gasteiger partial charge on any atom is 0.191 e. The molecule has 6 nitrogen and oxygen atoms in total. The van der Waals surface area contributed by atoms with Gasteiger partial charge in [-0.25, -0.2) is 14.7 Å². The van der Waals surface area contributed by atoms with Crippen molar-refractivity contribution in [2.24, 2.45) is 4.99 Å². The van der Waals surface area contributed by atoms with Crippen molar-refractivity contribution in [2.75, 3.05) is 6.54 Å². The lowest BCUT2D eigenvalue weighted by atomic mass is 10.1. The van der Waals surface area contributed by atoms with E-state index in [9.17, 15) is 0 Å². The van der Waals surface area contributed by atoms with E-state index in [0.29, 0.717) is 12.6 Å². The Balaban J connectivity index is 1.66. The zero-order chi connectivity index (χ0) is 17.8. The first kappa shape index (κ1) is 17.9. The minimum Gasteiger partial charge on any atom is -0.357 e. The molecular weight excluding hydrogens is 380 g/mol. The van der Waals surface area contributed by atoms with E-state index in [1.165, 1.54) is 11.1 Å². The Hall–Kier alpha value is -1.89. The zero-order valence-corrected chi connectivity index (χ0v) is 16.6. The summed E-state index contributed by atoms with van der Waals surface area (Å²) in [5.74, 6) is 2.79. The van der Waals surface area contributed by atoms with E-state index < -0.39 is 0 Å². The fourth-order valence-electron chi connectivity index (χ4n) is 3.07. The van der Waals surface area contributed by atoms with Crippen molar-refractivity contribution in [3.05, 3.63) is 45.4 Å². The predicted molar refractivity (Wildman–Crippen MR) is 104 cm³/mol. The Bertz CT molecular complexity index is 767. The molecule has 7 heteroatoms. The van der Waals surface area contributed by atoms with Crippen molar-refractivity contribution in [3.8, 4) is 0 Å². The number of nitrogens with one attached hydrogen (secondary N) is 2. The molecule has 1 aromatic heterocycles. The van der Waals surface area contributed by atoms with Crippen molar-refractivity contribution < 1.29 is 0 Å². The Morgan fingerprint density at radius 3 is 3.00 bits per heavy atom. The van der Waals surface area contributed by atoms with Gasteiger partial charge in [0.1, 0.15) is 11.6 Å². The molecule has 1 unspecified atom stereocenters. The van der Waals surface area contributed by atoms with Crippen LogP contribution in [0, 0.1) is 13.8 Å². The molecule has 0 fully saturated rings. The fraction of sp³-hybridized carbons (Fsp3) is 0.500. The van der Waals surface area contributed by atoms with Crippen molar-refractivity contribution in [2.45, 2.75) is 52.7 Å². The van der Waals surface area contributed by atoms with Gasteiger partial charge in [-0.3, -0.25) is 0 Å². The Kier molecular flexibility index (Phi) is 5.73. The molecule has 1 aromatic carbocycles. The molecule has 0 amide bonds. The Morgan fingerprint density at radius 1 is 1.40 bits per heavy atom. The van der Waals surface area contributed by atoms with Crippen LogP contribution in [0.25, 0.3) is 0 Å². The molecule has 2 aromatic rings. The van der Waals surface area contributed by atoms with Gasteiger partial charge in [-0.2, -0.15) is 5.10 Å². The van der Waals surface area contributed by atoms with Gasteiger partial charge in [0.2, 0.25) is 0 Å². The maximum absolute atomic E-state index is 4.76. The van der Waals surface area contributed by atoms with Gasteiger partial charge in [0, 0.05) is 23.5 Å². The highest BCUT2D eigenvalue weighted by atomic mass is 79.9. The Morgan fingerprint density at radius 2 is 2.24 bits per heavy atom. The topological polar surface area (TPSA) is 67.1 Å². The molecule has 2 heterocycles. The molecule has 0 saturated carbocycles. The first-order valence-electron chi connectivity index (χ1n) is 8.75. The van der Waals surface area contributed by atoms with E-state index in [1.807, 2.05) is 11.6 Å². The van der Waals surface area contributed by atoms with Crippen molar-refractivity contribution in [1.82, 2.24) is 25.4 Å². The van der Waals surface area contributed by atoms with Crippen molar-refractivity contribution in [1.29, 1.82) is 0 Å². The number of hydrogen-bond acceptors (Lipinski definition) is 3. The lowest BCUT2D eigenvalue weighted by Crippen LogP contribution is -2.47. The molecule has 1 atom stereocenters. The van der Waals surface area contributed by atoms with Crippen LogP contribution in [0.15, 0.2) is 27.7 Å². The van der Waals surface area contributed by atoms with Crippen LogP contribution in [0.3, 0.4) is 0 Å².